The van der Waals surface area contributed by atoms with E-state index in [9.17, 15) is 0 Å². The van der Waals surface area contributed by atoms with Gasteiger partial charge in [0.2, 0.25) is 5.95 Å². The molecule has 7 heteroatoms. The fourth-order valence-electron chi connectivity index (χ4n) is 2.94. The van der Waals surface area contributed by atoms with Gasteiger partial charge >= 0.3 is 6.01 Å². The minimum Gasteiger partial charge on any atom is -0.464 e. The quantitative estimate of drug-likeness (QED) is 0.447. The van der Waals surface area contributed by atoms with Gasteiger partial charge in [-0.05, 0) is 36.8 Å². The minimum absolute atomic E-state index is 0.183. The van der Waals surface area contributed by atoms with E-state index in [0.717, 1.165) is 22.6 Å². The van der Waals surface area contributed by atoms with Crippen molar-refractivity contribution < 1.29 is 4.74 Å². The van der Waals surface area contributed by atoms with Crippen LogP contribution in [0.5, 0.6) is 6.01 Å². The van der Waals surface area contributed by atoms with E-state index < -0.39 is 0 Å². The first-order valence-corrected chi connectivity index (χ1v) is 10.5. The molecule has 0 atom stereocenters. The zero-order valence-corrected chi connectivity index (χ0v) is 17.5. The van der Waals surface area contributed by atoms with E-state index in [4.69, 9.17) is 9.72 Å². The normalized spacial score (nSPS) is 11.2. The summed E-state index contributed by atoms with van der Waals surface area (Å²) in [6.07, 6.45) is 0.785. The molecule has 0 fully saturated rings. The third-order valence-corrected chi connectivity index (χ3v) is 5.34. The highest BCUT2D eigenvalue weighted by Gasteiger charge is 2.11. The van der Waals surface area contributed by atoms with Crippen LogP contribution in [0.15, 0.2) is 48.5 Å². The summed E-state index contributed by atoms with van der Waals surface area (Å²) in [4.78, 5) is 18.0. The maximum absolute atomic E-state index is 5.50. The van der Waals surface area contributed by atoms with Crippen LogP contribution in [-0.4, -0.2) is 26.5 Å². The molecule has 4 aromatic rings. The number of rotatable bonds is 7. The first kappa shape index (κ1) is 19.3. The summed E-state index contributed by atoms with van der Waals surface area (Å²) in [7, 11) is 0. The number of fused-ring (bicyclic) bond motifs is 1. The predicted octanol–water partition coefficient (Wildman–Crippen LogP) is 5.34. The van der Waals surface area contributed by atoms with Gasteiger partial charge in [-0.25, -0.2) is 4.98 Å². The zero-order valence-electron chi connectivity index (χ0n) is 16.7. The molecule has 6 nitrogen and oxygen atoms in total. The second-order valence-corrected chi connectivity index (χ2v) is 8.08. The molecule has 0 bridgehead atoms. The highest BCUT2D eigenvalue weighted by atomic mass is 32.1. The molecular formula is C22H23N5OS. The molecule has 148 valence electrons. The van der Waals surface area contributed by atoms with Gasteiger partial charge in [-0.15, -0.1) is 11.3 Å². The molecule has 1 N–H and O–H groups in total. The summed E-state index contributed by atoms with van der Waals surface area (Å²) in [5.74, 6) is 1.38. The Morgan fingerprint density at radius 3 is 2.66 bits per heavy atom. The third-order valence-electron chi connectivity index (χ3n) is 4.30. The number of ether oxygens (including phenoxy) is 1. The Labute approximate surface area is 174 Å². The largest absolute Gasteiger partial charge is 0.464 e. The van der Waals surface area contributed by atoms with Gasteiger partial charge in [-0.3, -0.25) is 0 Å². The van der Waals surface area contributed by atoms with E-state index in [1.54, 1.807) is 11.3 Å². The summed E-state index contributed by atoms with van der Waals surface area (Å²) in [5.41, 5.74) is 3.15. The molecule has 0 radical (unpaired) electrons. The molecule has 29 heavy (non-hydrogen) atoms. The van der Waals surface area contributed by atoms with Crippen molar-refractivity contribution in [3.05, 3.63) is 64.9 Å². The number of hydrogen-bond acceptors (Lipinski definition) is 7. The molecule has 0 saturated carbocycles. The monoisotopic (exact) mass is 405 g/mol. The Bertz CT molecular complexity index is 1090. The molecule has 0 unspecified atom stereocenters. The zero-order chi connectivity index (χ0) is 20.2. The number of para-hydroxylation sites is 1. The smallest absolute Gasteiger partial charge is 0.321 e. The van der Waals surface area contributed by atoms with Gasteiger partial charge in [-0.2, -0.15) is 15.0 Å². The van der Waals surface area contributed by atoms with Crippen molar-refractivity contribution in [3.63, 3.8) is 0 Å². The fraction of sp³-hybridized carbons (Fsp3) is 0.273. The molecular weight excluding hydrogens is 382 g/mol. The van der Waals surface area contributed by atoms with Crippen LogP contribution in [0.1, 0.15) is 43.1 Å². The molecule has 0 aliphatic carbocycles. The van der Waals surface area contributed by atoms with Gasteiger partial charge < -0.3 is 10.1 Å². The first-order chi connectivity index (χ1) is 14.1. The summed E-state index contributed by atoms with van der Waals surface area (Å²) in [6, 6.07) is 16.8. The van der Waals surface area contributed by atoms with Crippen LogP contribution < -0.4 is 10.1 Å². The number of nitrogens with zero attached hydrogens (tertiary/aromatic N) is 4. The summed E-state index contributed by atoms with van der Waals surface area (Å²) in [6.45, 7) is 6.52. The summed E-state index contributed by atoms with van der Waals surface area (Å²) in [5, 5.41) is 4.39. The molecule has 0 amide bonds. The predicted molar refractivity (Wildman–Crippen MR) is 117 cm³/mol. The highest BCUT2D eigenvalue weighted by molar-refractivity contribution is 7.18. The number of hydrogen-bond donors (Lipinski definition) is 1. The van der Waals surface area contributed by atoms with E-state index in [-0.39, 0.29) is 5.92 Å². The Morgan fingerprint density at radius 2 is 1.86 bits per heavy atom. The first-order valence-electron chi connectivity index (χ1n) is 9.70. The van der Waals surface area contributed by atoms with E-state index in [2.05, 4.69) is 44.5 Å². The maximum atomic E-state index is 5.50. The number of thiazole rings is 1. The SMILES string of the molecule is CCOc1nc(Nc2cccc(Cc3nc4ccccc4s3)c2)nc(C(C)C)n1. The Hall–Kier alpha value is -3.06. The highest BCUT2D eigenvalue weighted by Crippen LogP contribution is 2.25. The molecule has 2 aromatic heterocycles. The topological polar surface area (TPSA) is 72.8 Å². The van der Waals surface area contributed by atoms with Crippen molar-refractivity contribution >= 4 is 33.2 Å². The number of benzene rings is 2. The van der Waals surface area contributed by atoms with Crippen LogP contribution in [0, 0.1) is 0 Å². The van der Waals surface area contributed by atoms with Crippen molar-refractivity contribution in [1.82, 2.24) is 19.9 Å². The van der Waals surface area contributed by atoms with Gasteiger partial charge in [-0.1, -0.05) is 38.1 Å². The lowest BCUT2D eigenvalue weighted by molar-refractivity contribution is 0.310. The van der Waals surface area contributed by atoms with Gasteiger partial charge in [0, 0.05) is 18.0 Å². The molecule has 2 heterocycles. The lowest BCUT2D eigenvalue weighted by Crippen LogP contribution is -2.08. The van der Waals surface area contributed by atoms with Gasteiger partial charge in [0.05, 0.1) is 21.8 Å². The van der Waals surface area contributed by atoms with Crippen molar-refractivity contribution in [2.75, 3.05) is 11.9 Å². The van der Waals surface area contributed by atoms with Crippen molar-refractivity contribution in [3.8, 4) is 6.01 Å². The molecule has 0 spiro atoms. The fourth-order valence-corrected chi connectivity index (χ4v) is 3.94. The van der Waals surface area contributed by atoms with Crippen LogP contribution >= 0.6 is 11.3 Å². The number of aromatic nitrogens is 4. The van der Waals surface area contributed by atoms with E-state index in [1.807, 2.05) is 45.0 Å². The lowest BCUT2D eigenvalue weighted by Gasteiger charge is -2.11. The molecule has 4 rings (SSSR count). The van der Waals surface area contributed by atoms with Gasteiger partial charge in [0.1, 0.15) is 5.82 Å². The molecule has 0 saturated heterocycles. The second kappa shape index (κ2) is 8.53. The van der Waals surface area contributed by atoms with Crippen molar-refractivity contribution in [1.29, 1.82) is 0 Å². The second-order valence-electron chi connectivity index (χ2n) is 6.96. The Kier molecular flexibility index (Phi) is 5.67. The average Bonchev–Trinajstić information content (AvgIpc) is 3.10. The van der Waals surface area contributed by atoms with Crippen LogP contribution in [-0.2, 0) is 6.42 Å². The molecule has 2 aromatic carbocycles. The van der Waals surface area contributed by atoms with Crippen molar-refractivity contribution in [2.45, 2.75) is 33.1 Å². The van der Waals surface area contributed by atoms with Crippen LogP contribution in [0.2, 0.25) is 0 Å². The Morgan fingerprint density at radius 1 is 1.00 bits per heavy atom. The van der Waals surface area contributed by atoms with E-state index in [1.165, 1.54) is 10.3 Å². The van der Waals surface area contributed by atoms with Crippen LogP contribution in [0.25, 0.3) is 10.2 Å². The molecule has 0 aliphatic heterocycles. The minimum atomic E-state index is 0.183. The standard InChI is InChI=1S/C22H23N5OS/c1-4-28-22-26-20(14(2)3)25-21(27-22)23-16-9-7-8-15(12-16)13-19-24-17-10-5-6-11-18(17)29-19/h5-12,14H,4,13H2,1-3H3,(H,23,25,26,27). The maximum Gasteiger partial charge on any atom is 0.321 e. The summed E-state index contributed by atoms with van der Waals surface area (Å²) >= 11 is 1.73. The number of anilines is 2. The van der Waals surface area contributed by atoms with Crippen LogP contribution in [0.4, 0.5) is 11.6 Å². The van der Waals surface area contributed by atoms with Crippen LogP contribution in [0.3, 0.4) is 0 Å². The Balaban J connectivity index is 1.55. The van der Waals surface area contributed by atoms with E-state index in [0.29, 0.717) is 24.4 Å². The molecule has 0 aliphatic rings. The number of nitrogens with one attached hydrogen (secondary N) is 1. The lowest BCUT2D eigenvalue weighted by atomic mass is 10.1. The van der Waals surface area contributed by atoms with Gasteiger partial charge in [0.15, 0.2) is 0 Å². The van der Waals surface area contributed by atoms with Crippen molar-refractivity contribution in [2.24, 2.45) is 0 Å². The van der Waals surface area contributed by atoms with E-state index >= 15 is 0 Å². The summed E-state index contributed by atoms with van der Waals surface area (Å²) < 4.78 is 6.71. The average molecular weight is 406 g/mol. The third kappa shape index (κ3) is 4.68. The van der Waals surface area contributed by atoms with Gasteiger partial charge in [0.25, 0.3) is 0 Å².